The minimum atomic E-state index is -0.0752. The maximum Gasteiger partial charge on any atom is 0.231 e. The van der Waals surface area contributed by atoms with Gasteiger partial charge in [-0.3, -0.25) is 4.90 Å². The van der Waals surface area contributed by atoms with E-state index in [1.807, 2.05) is 50.0 Å². The molecule has 1 unspecified atom stereocenters. The van der Waals surface area contributed by atoms with Crippen molar-refractivity contribution in [3.05, 3.63) is 23.8 Å². The van der Waals surface area contributed by atoms with Crippen molar-refractivity contribution in [2.24, 2.45) is 9.98 Å². The van der Waals surface area contributed by atoms with Crippen molar-refractivity contribution in [2.75, 3.05) is 41.5 Å². The Morgan fingerprint density at radius 3 is 2.67 bits per heavy atom. The molecule has 24 heavy (non-hydrogen) atoms. The molecule has 0 saturated heterocycles. The summed E-state index contributed by atoms with van der Waals surface area (Å²) in [4.78, 5) is 15.4. The van der Waals surface area contributed by atoms with Crippen LogP contribution >= 0.6 is 0 Å². The van der Waals surface area contributed by atoms with Gasteiger partial charge in [0, 0.05) is 34.7 Å². The molecule has 2 aliphatic heterocycles. The standard InChI is InChI=1S/C17H25N5O2/c1-12-18-16(20(2)3)22(5)17(19-12)21(4)10-9-13-7-6-8-14-15(13)24-11-23-14/h6-8,12H,9-11H2,1-5H3. The maximum atomic E-state index is 5.59. The summed E-state index contributed by atoms with van der Waals surface area (Å²) in [5.74, 6) is 3.54. The molecular formula is C17H25N5O2. The monoisotopic (exact) mass is 331 g/mol. The van der Waals surface area contributed by atoms with Crippen LogP contribution in [0.2, 0.25) is 0 Å². The van der Waals surface area contributed by atoms with E-state index < -0.39 is 0 Å². The Morgan fingerprint density at radius 1 is 1.17 bits per heavy atom. The molecule has 0 radical (unpaired) electrons. The highest BCUT2D eigenvalue weighted by Gasteiger charge is 2.24. The fourth-order valence-electron chi connectivity index (χ4n) is 2.97. The lowest BCUT2D eigenvalue weighted by Gasteiger charge is -2.35. The zero-order valence-corrected chi connectivity index (χ0v) is 15.0. The molecule has 2 aliphatic rings. The highest BCUT2D eigenvalue weighted by molar-refractivity contribution is 5.99. The molecule has 130 valence electrons. The summed E-state index contributed by atoms with van der Waals surface area (Å²) in [5.41, 5.74) is 1.16. The average Bonchev–Trinajstić information content (AvgIpc) is 3.03. The lowest BCUT2D eigenvalue weighted by atomic mass is 10.1. The first-order chi connectivity index (χ1) is 11.5. The summed E-state index contributed by atoms with van der Waals surface area (Å²) in [6.45, 7) is 3.13. The van der Waals surface area contributed by atoms with Gasteiger partial charge in [-0.15, -0.1) is 0 Å². The van der Waals surface area contributed by atoms with E-state index >= 15 is 0 Å². The molecule has 0 aromatic heterocycles. The summed E-state index contributed by atoms with van der Waals surface area (Å²) in [7, 11) is 8.05. The number of rotatable bonds is 3. The Balaban J connectivity index is 1.69. The van der Waals surface area contributed by atoms with Gasteiger partial charge in [-0.2, -0.15) is 0 Å². The number of likely N-dealkylation sites (N-methyl/N-ethyl adjacent to an activating group) is 1. The van der Waals surface area contributed by atoms with E-state index in [9.17, 15) is 0 Å². The third kappa shape index (κ3) is 3.11. The maximum absolute atomic E-state index is 5.59. The van der Waals surface area contributed by atoms with E-state index in [4.69, 9.17) is 9.47 Å². The van der Waals surface area contributed by atoms with Crippen LogP contribution in [0.15, 0.2) is 28.2 Å². The molecule has 0 bridgehead atoms. The van der Waals surface area contributed by atoms with Crippen LogP contribution in [0, 0.1) is 0 Å². The Hall–Kier alpha value is -2.44. The quantitative estimate of drug-likeness (QED) is 0.839. The third-order valence-electron chi connectivity index (χ3n) is 4.14. The first-order valence-corrected chi connectivity index (χ1v) is 8.12. The summed E-state index contributed by atoms with van der Waals surface area (Å²) < 4.78 is 11.0. The number of hydrogen-bond donors (Lipinski definition) is 0. The normalized spacial score (nSPS) is 19.0. The molecule has 0 amide bonds. The van der Waals surface area contributed by atoms with Gasteiger partial charge >= 0.3 is 0 Å². The number of guanidine groups is 2. The van der Waals surface area contributed by atoms with Crippen LogP contribution in [-0.4, -0.2) is 74.3 Å². The van der Waals surface area contributed by atoms with Gasteiger partial charge in [0.15, 0.2) is 11.5 Å². The smallest absolute Gasteiger partial charge is 0.231 e. The van der Waals surface area contributed by atoms with Crippen molar-refractivity contribution in [1.29, 1.82) is 0 Å². The Morgan fingerprint density at radius 2 is 1.92 bits per heavy atom. The number of ether oxygens (including phenoxy) is 2. The van der Waals surface area contributed by atoms with E-state index in [0.29, 0.717) is 6.79 Å². The van der Waals surface area contributed by atoms with Crippen LogP contribution in [0.25, 0.3) is 0 Å². The van der Waals surface area contributed by atoms with Gasteiger partial charge < -0.3 is 19.3 Å². The van der Waals surface area contributed by atoms with Crippen LogP contribution in [0.1, 0.15) is 12.5 Å². The zero-order chi connectivity index (χ0) is 17.3. The first-order valence-electron chi connectivity index (χ1n) is 8.12. The summed E-state index contributed by atoms with van der Waals surface area (Å²) >= 11 is 0. The van der Waals surface area contributed by atoms with E-state index in [0.717, 1.165) is 41.9 Å². The van der Waals surface area contributed by atoms with Gasteiger partial charge in [0.2, 0.25) is 18.7 Å². The fourth-order valence-corrected chi connectivity index (χ4v) is 2.97. The predicted octanol–water partition coefficient (Wildman–Crippen LogP) is 1.45. The molecule has 0 saturated carbocycles. The van der Waals surface area contributed by atoms with Crippen molar-refractivity contribution in [2.45, 2.75) is 19.5 Å². The Labute approximate surface area is 143 Å². The molecule has 3 rings (SSSR count). The van der Waals surface area contributed by atoms with Crippen molar-refractivity contribution >= 4 is 11.9 Å². The summed E-state index contributed by atoms with van der Waals surface area (Å²) in [6.07, 6.45) is 0.785. The average molecular weight is 331 g/mol. The summed E-state index contributed by atoms with van der Waals surface area (Å²) in [6, 6.07) is 6.03. The Bertz CT molecular complexity index is 671. The molecule has 7 heteroatoms. The molecule has 0 aliphatic carbocycles. The van der Waals surface area contributed by atoms with Crippen molar-refractivity contribution < 1.29 is 9.47 Å². The molecule has 0 N–H and O–H groups in total. The van der Waals surface area contributed by atoms with Crippen LogP contribution in [0.3, 0.4) is 0 Å². The number of fused-ring (bicyclic) bond motifs is 1. The molecular weight excluding hydrogens is 306 g/mol. The number of benzene rings is 1. The molecule has 0 fully saturated rings. The van der Waals surface area contributed by atoms with Crippen molar-refractivity contribution in [3.8, 4) is 11.5 Å². The van der Waals surface area contributed by atoms with E-state index in [-0.39, 0.29) is 6.17 Å². The van der Waals surface area contributed by atoms with Gasteiger partial charge in [0.05, 0.1) is 0 Å². The Kier molecular flexibility index (Phi) is 4.51. The minimum absolute atomic E-state index is 0.0752. The molecule has 1 aromatic carbocycles. The van der Waals surface area contributed by atoms with Gasteiger partial charge in [0.1, 0.15) is 6.17 Å². The third-order valence-corrected chi connectivity index (χ3v) is 4.14. The zero-order valence-electron chi connectivity index (χ0n) is 15.0. The lowest BCUT2D eigenvalue weighted by Crippen LogP contribution is -2.51. The topological polar surface area (TPSA) is 52.9 Å². The number of aliphatic imine (C=N–C) groups is 2. The second-order valence-electron chi connectivity index (χ2n) is 6.27. The fraction of sp³-hybridized carbons (Fsp3) is 0.529. The lowest BCUT2D eigenvalue weighted by molar-refractivity contribution is 0.173. The molecule has 1 aromatic rings. The van der Waals surface area contributed by atoms with Crippen LogP contribution in [-0.2, 0) is 6.42 Å². The van der Waals surface area contributed by atoms with Crippen molar-refractivity contribution in [1.82, 2.24) is 14.7 Å². The highest BCUT2D eigenvalue weighted by Crippen LogP contribution is 2.35. The van der Waals surface area contributed by atoms with E-state index in [1.165, 1.54) is 0 Å². The van der Waals surface area contributed by atoms with Crippen LogP contribution in [0.4, 0.5) is 0 Å². The first kappa shape index (κ1) is 16.4. The predicted molar refractivity (Wildman–Crippen MR) is 94.7 cm³/mol. The number of para-hydroxylation sites is 1. The second-order valence-corrected chi connectivity index (χ2v) is 6.27. The summed E-state index contributed by atoms with van der Waals surface area (Å²) in [5, 5.41) is 0. The number of hydrogen-bond acceptors (Lipinski definition) is 7. The minimum Gasteiger partial charge on any atom is -0.454 e. The van der Waals surface area contributed by atoms with Gasteiger partial charge in [-0.1, -0.05) is 12.1 Å². The molecule has 1 atom stereocenters. The van der Waals surface area contributed by atoms with Crippen LogP contribution in [0.5, 0.6) is 11.5 Å². The second kappa shape index (κ2) is 6.59. The molecule has 2 heterocycles. The molecule has 0 spiro atoms. The van der Waals surface area contributed by atoms with Crippen LogP contribution < -0.4 is 9.47 Å². The van der Waals surface area contributed by atoms with Gasteiger partial charge in [0.25, 0.3) is 0 Å². The van der Waals surface area contributed by atoms with E-state index in [2.05, 4.69) is 28.0 Å². The highest BCUT2D eigenvalue weighted by atomic mass is 16.7. The SMILES string of the molecule is CC1N=C(N(C)C)N(C)C(N(C)CCc2cccc3c2OCO3)=N1. The largest absolute Gasteiger partial charge is 0.454 e. The van der Waals surface area contributed by atoms with Gasteiger partial charge in [-0.05, 0) is 25.0 Å². The molecule has 7 nitrogen and oxygen atoms in total. The van der Waals surface area contributed by atoms with E-state index in [1.54, 1.807) is 0 Å². The number of nitrogens with zero attached hydrogens (tertiary/aromatic N) is 5. The van der Waals surface area contributed by atoms with Gasteiger partial charge in [-0.25, -0.2) is 9.98 Å². The van der Waals surface area contributed by atoms with Crippen molar-refractivity contribution in [3.63, 3.8) is 0 Å².